The number of nitrogen functional groups attached to an aromatic ring is 1. The van der Waals surface area contributed by atoms with Crippen molar-refractivity contribution in [2.24, 2.45) is 11.5 Å². The molecule has 0 radical (unpaired) electrons. The van der Waals surface area contributed by atoms with E-state index in [0.717, 1.165) is 0 Å². The Balaban J connectivity index is 3.25. The number of nitrogens with zero attached hydrogens (tertiary/aromatic N) is 1. The van der Waals surface area contributed by atoms with E-state index in [1.165, 1.54) is 0 Å². The molecule has 0 heterocycles. The van der Waals surface area contributed by atoms with Crippen LogP contribution in [0.4, 0.5) is 11.4 Å². The van der Waals surface area contributed by atoms with Gasteiger partial charge in [0.05, 0.1) is 23.5 Å². The number of rotatable bonds is 5. The molecule has 1 aromatic rings. The first-order valence-corrected chi connectivity index (χ1v) is 5.19. The lowest BCUT2D eigenvalue weighted by Crippen LogP contribution is -2.35. The fourth-order valence-electron chi connectivity index (χ4n) is 1.65. The Hall–Kier alpha value is -2.24. The van der Waals surface area contributed by atoms with Gasteiger partial charge in [0.25, 0.3) is 5.91 Å². The summed E-state index contributed by atoms with van der Waals surface area (Å²) in [5.41, 5.74) is 17.4. The van der Waals surface area contributed by atoms with Crippen molar-refractivity contribution in [1.82, 2.24) is 0 Å². The molecule has 2 amide bonds. The van der Waals surface area contributed by atoms with Crippen molar-refractivity contribution in [1.29, 1.82) is 0 Å². The number of hydrogen-bond acceptors (Lipinski definition) is 4. The number of likely N-dealkylation sites (N-methyl/N-ethyl adjacent to an activating group) is 1. The average Bonchev–Trinajstić information content (AvgIpc) is 2.25. The van der Waals surface area contributed by atoms with Gasteiger partial charge in [0, 0.05) is 6.54 Å². The summed E-state index contributed by atoms with van der Waals surface area (Å²) in [6, 6.07) is 4.85. The Morgan fingerprint density at radius 2 is 1.94 bits per heavy atom. The number of nitrogens with two attached hydrogens (primary N) is 3. The van der Waals surface area contributed by atoms with E-state index in [9.17, 15) is 9.59 Å². The van der Waals surface area contributed by atoms with Gasteiger partial charge >= 0.3 is 0 Å². The highest BCUT2D eigenvalue weighted by Crippen LogP contribution is 2.27. The molecule has 0 fully saturated rings. The van der Waals surface area contributed by atoms with E-state index in [2.05, 4.69) is 0 Å². The third-order valence-corrected chi connectivity index (χ3v) is 2.38. The molecule has 6 heteroatoms. The molecule has 0 aromatic heterocycles. The smallest absolute Gasteiger partial charge is 0.250 e. The second kappa shape index (κ2) is 5.20. The molecule has 0 aliphatic carbocycles. The molecule has 6 N–H and O–H groups in total. The maximum Gasteiger partial charge on any atom is 0.250 e. The summed E-state index contributed by atoms with van der Waals surface area (Å²) in [7, 11) is 0. The van der Waals surface area contributed by atoms with Crippen molar-refractivity contribution in [2.45, 2.75) is 6.92 Å². The topological polar surface area (TPSA) is 115 Å². The largest absolute Gasteiger partial charge is 0.397 e. The predicted molar refractivity (Wildman–Crippen MR) is 66.5 cm³/mol. The highest BCUT2D eigenvalue weighted by molar-refractivity contribution is 6.02. The van der Waals surface area contributed by atoms with Gasteiger partial charge in [-0.3, -0.25) is 9.59 Å². The van der Waals surface area contributed by atoms with Crippen LogP contribution in [-0.4, -0.2) is 24.9 Å². The summed E-state index contributed by atoms with van der Waals surface area (Å²) in [5, 5.41) is 0. The van der Waals surface area contributed by atoms with Crippen molar-refractivity contribution in [3.05, 3.63) is 23.8 Å². The van der Waals surface area contributed by atoms with E-state index in [-0.39, 0.29) is 12.1 Å². The van der Waals surface area contributed by atoms with Crippen LogP contribution in [0.25, 0.3) is 0 Å². The molecule has 0 unspecified atom stereocenters. The van der Waals surface area contributed by atoms with Crippen LogP contribution in [0.3, 0.4) is 0 Å². The standard InChI is InChI=1S/C11H16N4O2/c1-2-15(6-9(13)16)10-7(11(14)17)4-3-5-8(10)12/h3-5H,2,6,12H2,1H3,(H2,13,16)(H2,14,17). The first-order valence-electron chi connectivity index (χ1n) is 5.19. The maximum atomic E-state index is 11.3. The number of anilines is 2. The number of amides is 2. The number of carbonyl (C=O) groups excluding carboxylic acids is 2. The Kier molecular flexibility index (Phi) is 3.92. The summed E-state index contributed by atoms with van der Waals surface area (Å²) < 4.78 is 0. The minimum absolute atomic E-state index is 0.00894. The highest BCUT2D eigenvalue weighted by Gasteiger charge is 2.17. The van der Waals surface area contributed by atoms with E-state index in [1.54, 1.807) is 23.1 Å². The second-order valence-corrected chi connectivity index (χ2v) is 3.59. The van der Waals surface area contributed by atoms with Crippen LogP contribution in [-0.2, 0) is 4.79 Å². The third-order valence-electron chi connectivity index (χ3n) is 2.38. The zero-order valence-corrected chi connectivity index (χ0v) is 9.64. The van der Waals surface area contributed by atoms with Gasteiger partial charge in [-0.1, -0.05) is 6.07 Å². The molecule has 1 aromatic carbocycles. The first kappa shape index (κ1) is 12.8. The SMILES string of the molecule is CCN(CC(N)=O)c1c(N)cccc1C(N)=O. The Morgan fingerprint density at radius 3 is 2.41 bits per heavy atom. The van der Waals surface area contributed by atoms with Crippen molar-refractivity contribution in [3.8, 4) is 0 Å². The molecule has 0 aliphatic rings. The summed E-state index contributed by atoms with van der Waals surface area (Å²) >= 11 is 0. The zero-order valence-electron chi connectivity index (χ0n) is 9.64. The number of carbonyl (C=O) groups is 2. The third kappa shape index (κ3) is 2.87. The maximum absolute atomic E-state index is 11.3. The predicted octanol–water partition coefficient (Wildman–Crippen LogP) is -0.321. The Labute approximate surface area is 99.4 Å². The van der Waals surface area contributed by atoms with Gasteiger partial charge in [-0.2, -0.15) is 0 Å². The second-order valence-electron chi connectivity index (χ2n) is 3.59. The number of hydrogen-bond donors (Lipinski definition) is 3. The van der Waals surface area contributed by atoms with E-state index in [0.29, 0.717) is 17.9 Å². The van der Waals surface area contributed by atoms with Crippen LogP contribution in [0, 0.1) is 0 Å². The monoisotopic (exact) mass is 236 g/mol. The Bertz CT molecular complexity index is 445. The van der Waals surface area contributed by atoms with Crippen LogP contribution in [0.1, 0.15) is 17.3 Å². The van der Waals surface area contributed by atoms with E-state index < -0.39 is 11.8 Å². The normalized spacial score (nSPS) is 9.94. The molecule has 0 aliphatic heterocycles. The fraction of sp³-hybridized carbons (Fsp3) is 0.273. The van der Waals surface area contributed by atoms with E-state index in [4.69, 9.17) is 17.2 Å². The minimum atomic E-state index is -0.588. The lowest BCUT2D eigenvalue weighted by atomic mass is 10.1. The van der Waals surface area contributed by atoms with Crippen LogP contribution in [0.2, 0.25) is 0 Å². The molecule has 1 rings (SSSR count). The van der Waals surface area contributed by atoms with E-state index >= 15 is 0 Å². The summed E-state index contributed by atoms with van der Waals surface area (Å²) in [6.07, 6.45) is 0. The molecule has 0 atom stereocenters. The minimum Gasteiger partial charge on any atom is -0.397 e. The van der Waals surface area contributed by atoms with Gasteiger partial charge in [0.1, 0.15) is 0 Å². The fourth-order valence-corrected chi connectivity index (χ4v) is 1.65. The molecular formula is C11H16N4O2. The van der Waals surface area contributed by atoms with Crippen LogP contribution in [0.15, 0.2) is 18.2 Å². The van der Waals surface area contributed by atoms with Crippen LogP contribution >= 0.6 is 0 Å². The van der Waals surface area contributed by atoms with Gasteiger partial charge < -0.3 is 22.1 Å². The van der Waals surface area contributed by atoms with Gasteiger partial charge in [-0.05, 0) is 19.1 Å². The van der Waals surface area contributed by atoms with E-state index in [1.807, 2.05) is 6.92 Å². The van der Waals surface area contributed by atoms with Gasteiger partial charge in [-0.25, -0.2) is 0 Å². The number of benzene rings is 1. The molecule has 92 valence electrons. The molecule has 0 saturated carbocycles. The van der Waals surface area contributed by atoms with Crippen LogP contribution in [0.5, 0.6) is 0 Å². The molecule has 6 nitrogen and oxygen atoms in total. The van der Waals surface area contributed by atoms with Crippen molar-refractivity contribution < 1.29 is 9.59 Å². The first-order chi connectivity index (χ1) is 7.97. The van der Waals surface area contributed by atoms with Crippen molar-refractivity contribution in [3.63, 3.8) is 0 Å². The van der Waals surface area contributed by atoms with Crippen molar-refractivity contribution >= 4 is 23.2 Å². The van der Waals surface area contributed by atoms with Gasteiger partial charge in [-0.15, -0.1) is 0 Å². The lowest BCUT2D eigenvalue weighted by Gasteiger charge is -2.24. The molecule has 0 saturated heterocycles. The summed E-state index contributed by atoms with van der Waals surface area (Å²) in [5.74, 6) is -1.08. The zero-order chi connectivity index (χ0) is 13.0. The quantitative estimate of drug-likeness (QED) is 0.607. The van der Waals surface area contributed by atoms with Crippen LogP contribution < -0.4 is 22.1 Å². The average molecular weight is 236 g/mol. The Morgan fingerprint density at radius 1 is 1.29 bits per heavy atom. The lowest BCUT2D eigenvalue weighted by molar-refractivity contribution is -0.116. The molecule has 0 spiro atoms. The summed E-state index contributed by atoms with van der Waals surface area (Å²) in [4.78, 5) is 23.9. The summed E-state index contributed by atoms with van der Waals surface area (Å²) in [6.45, 7) is 2.32. The highest BCUT2D eigenvalue weighted by atomic mass is 16.1. The molecule has 0 bridgehead atoms. The number of primary amides is 2. The van der Waals surface area contributed by atoms with Gasteiger partial charge in [0.2, 0.25) is 5.91 Å². The molecule has 17 heavy (non-hydrogen) atoms. The van der Waals surface area contributed by atoms with Gasteiger partial charge in [0.15, 0.2) is 0 Å². The number of para-hydroxylation sites is 1. The van der Waals surface area contributed by atoms with Crippen molar-refractivity contribution in [2.75, 3.05) is 23.7 Å². The molecular weight excluding hydrogens is 220 g/mol.